The van der Waals surface area contributed by atoms with E-state index in [1.165, 1.54) is 6.92 Å². The van der Waals surface area contributed by atoms with Crippen molar-refractivity contribution in [2.45, 2.75) is 58.1 Å². The Balaban J connectivity index is 1.84. The molecule has 6 nitrogen and oxygen atoms in total. The van der Waals surface area contributed by atoms with Gasteiger partial charge in [-0.3, -0.25) is 4.79 Å². The summed E-state index contributed by atoms with van der Waals surface area (Å²) in [6, 6.07) is 28.9. The molecule has 3 aromatic carbocycles. The number of benzene rings is 3. The molecule has 0 aliphatic carbocycles. The van der Waals surface area contributed by atoms with Crippen LogP contribution in [0.15, 0.2) is 91.0 Å². The zero-order chi connectivity index (χ0) is 24.9. The predicted octanol–water partition coefficient (Wildman–Crippen LogP) is 4.89. The number of carbonyl (C=O) groups is 2. The summed E-state index contributed by atoms with van der Waals surface area (Å²) < 4.78 is 24.0. The molecule has 0 N–H and O–H groups in total. The SMILES string of the molecule is CC(=O)O[C@@H](C)[C@@H](OCc1ccccc1)[C@@H](OCc1ccccc1)[C@@H](C=O)OCc1ccccc1. The number of rotatable bonds is 14. The van der Waals surface area contributed by atoms with Gasteiger partial charge in [0.05, 0.1) is 19.8 Å². The number of hydrogen-bond donors (Lipinski definition) is 0. The lowest BCUT2D eigenvalue weighted by atomic mass is 10.0. The van der Waals surface area contributed by atoms with Crippen LogP contribution in [0.2, 0.25) is 0 Å². The number of esters is 1. The van der Waals surface area contributed by atoms with Crippen LogP contribution in [0.3, 0.4) is 0 Å². The van der Waals surface area contributed by atoms with Crippen LogP contribution in [0.1, 0.15) is 30.5 Å². The van der Waals surface area contributed by atoms with E-state index in [9.17, 15) is 9.59 Å². The Labute approximate surface area is 206 Å². The molecule has 3 rings (SSSR count). The summed E-state index contributed by atoms with van der Waals surface area (Å²) in [7, 11) is 0. The van der Waals surface area contributed by atoms with Crippen LogP contribution in [0.25, 0.3) is 0 Å². The molecule has 0 unspecified atom stereocenters. The summed E-state index contributed by atoms with van der Waals surface area (Å²) in [5.74, 6) is -0.444. The van der Waals surface area contributed by atoms with E-state index >= 15 is 0 Å². The first kappa shape index (κ1) is 26.3. The minimum Gasteiger partial charge on any atom is -0.460 e. The number of hydrogen-bond acceptors (Lipinski definition) is 6. The maximum atomic E-state index is 12.2. The third-order valence-corrected chi connectivity index (χ3v) is 5.45. The van der Waals surface area contributed by atoms with Gasteiger partial charge in [0.25, 0.3) is 0 Å². The first-order valence-electron chi connectivity index (χ1n) is 11.7. The molecular weight excluding hydrogens is 444 g/mol. The van der Waals surface area contributed by atoms with E-state index in [0.717, 1.165) is 23.0 Å². The zero-order valence-electron chi connectivity index (χ0n) is 20.1. The minimum atomic E-state index is -0.947. The molecule has 0 saturated heterocycles. The minimum absolute atomic E-state index is 0.225. The van der Waals surface area contributed by atoms with Gasteiger partial charge >= 0.3 is 5.97 Å². The molecule has 0 bridgehead atoms. The summed E-state index contributed by atoms with van der Waals surface area (Å²) in [6.45, 7) is 3.79. The van der Waals surface area contributed by atoms with Gasteiger partial charge < -0.3 is 23.7 Å². The highest BCUT2D eigenvalue weighted by atomic mass is 16.6. The quantitative estimate of drug-likeness (QED) is 0.244. The van der Waals surface area contributed by atoms with Crippen LogP contribution in [0.4, 0.5) is 0 Å². The van der Waals surface area contributed by atoms with Crippen LogP contribution in [0.5, 0.6) is 0 Å². The lowest BCUT2D eigenvalue weighted by Crippen LogP contribution is -2.49. The number of aldehydes is 1. The molecule has 0 heterocycles. The average molecular weight is 477 g/mol. The summed E-state index contributed by atoms with van der Waals surface area (Å²) in [6.07, 6.45) is -2.49. The van der Waals surface area contributed by atoms with Crippen LogP contribution < -0.4 is 0 Å². The standard InChI is InChI=1S/C29H32O6/c1-22(35-23(2)31)28(33-20-25-14-8-4-9-15-25)29(34-21-26-16-10-5-11-17-26)27(18-30)32-19-24-12-6-3-7-13-24/h3-18,22,27-29H,19-21H2,1-2H3/t22-,27+,28+,29-/m0/s1. The Kier molecular flexibility index (Phi) is 10.6. The Morgan fingerprint density at radius 1 is 0.686 bits per heavy atom. The Morgan fingerprint density at radius 3 is 1.49 bits per heavy atom. The lowest BCUT2D eigenvalue weighted by molar-refractivity contribution is -0.188. The maximum Gasteiger partial charge on any atom is 0.302 e. The molecule has 0 aliphatic heterocycles. The molecule has 0 fully saturated rings. The molecule has 184 valence electrons. The van der Waals surface area contributed by atoms with Crippen LogP contribution in [0, 0.1) is 0 Å². The van der Waals surface area contributed by atoms with Gasteiger partial charge in [-0.15, -0.1) is 0 Å². The van der Waals surface area contributed by atoms with Crippen molar-refractivity contribution >= 4 is 12.3 Å². The zero-order valence-corrected chi connectivity index (χ0v) is 20.1. The highest BCUT2D eigenvalue weighted by Crippen LogP contribution is 2.21. The molecular formula is C29H32O6. The molecule has 0 amide bonds. The van der Waals surface area contributed by atoms with E-state index in [1.807, 2.05) is 91.0 Å². The largest absolute Gasteiger partial charge is 0.460 e. The monoisotopic (exact) mass is 476 g/mol. The third kappa shape index (κ3) is 8.76. The molecule has 35 heavy (non-hydrogen) atoms. The van der Waals surface area contributed by atoms with Gasteiger partial charge in [0.1, 0.15) is 24.4 Å². The summed E-state index contributed by atoms with van der Waals surface area (Å²) in [5, 5.41) is 0. The predicted molar refractivity (Wildman–Crippen MR) is 132 cm³/mol. The molecule has 0 radical (unpaired) electrons. The first-order valence-corrected chi connectivity index (χ1v) is 11.7. The Bertz CT molecular complexity index is 1010. The van der Waals surface area contributed by atoms with Crippen molar-refractivity contribution in [1.29, 1.82) is 0 Å². The van der Waals surface area contributed by atoms with Crippen molar-refractivity contribution in [3.05, 3.63) is 108 Å². The molecule has 0 aromatic heterocycles. The van der Waals surface area contributed by atoms with Crippen LogP contribution in [-0.4, -0.2) is 36.7 Å². The smallest absolute Gasteiger partial charge is 0.302 e. The van der Waals surface area contributed by atoms with Crippen molar-refractivity contribution in [1.82, 2.24) is 0 Å². The van der Waals surface area contributed by atoms with Gasteiger partial charge in [0.15, 0.2) is 6.29 Å². The van der Waals surface area contributed by atoms with Crippen LogP contribution in [-0.2, 0) is 48.4 Å². The normalized spacial score (nSPS) is 14.5. The van der Waals surface area contributed by atoms with Crippen molar-refractivity contribution in [3.63, 3.8) is 0 Å². The van der Waals surface area contributed by atoms with Crippen molar-refractivity contribution in [2.24, 2.45) is 0 Å². The second-order valence-electron chi connectivity index (χ2n) is 8.23. The van der Waals surface area contributed by atoms with Crippen molar-refractivity contribution in [3.8, 4) is 0 Å². The molecule has 0 spiro atoms. The molecule has 6 heteroatoms. The third-order valence-electron chi connectivity index (χ3n) is 5.45. The molecule has 4 atom stereocenters. The average Bonchev–Trinajstić information content (AvgIpc) is 2.88. The van der Waals surface area contributed by atoms with Gasteiger partial charge in [-0.05, 0) is 23.6 Å². The molecule has 0 saturated carbocycles. The molecule has 3 aromatic rings. The van der Waals surface area contributed by atoms with E-state index in [1.54, 1.807) is 6.92 Å². The van der Waals surface area contributed by atoms with Gasteiger partial charge in [-0.25, -0.2) is 0 Å². The van der Waals surface area contributed by atoms with Gasteiger partial charge in [-0.1, -0.05) is 91.0 Å². The fraction of sp³-hybridized carbons (Fsp3) is 0.310. The van der Waals surface area contributed by atoms with Gasteiger partial charge in [0.2, 0.25) is 0 Å². The second kappa shape index (κ2) is 14.2. The fourth-order valence-electron chi connectivity index (χ4n) is 3.71. The Morgan fingerprint density at radius 2 is 1.09 bits per heavy atom. The highest BCUT2D eigenvalue weighted by molar-refractivity contribution is 5.66. The van der Waals surface area contributed by atoms with Gasteiger partial charge in [0, 0.05) is 6.92 Å². The molecule has 0 aliphatic rings. The summed E-state index contributed by atoms with van der Waals surface area (Å²) in [4.78, 5) is 24.0. The van der Waals surface area contributed by atoms with Crippen molar-refractivity contribution < 1.29 is 28.5 Å². The maximum absolute atomic E-state index is 12.2. The fourth-order valence-corrected chi connectivity index (χ4v) is 3.71. The van der Waals surface area contributed by atoms with Crippen LogP contribution >= 0.6 is 0 Å². The first-order chi connectivity index (χ1) is 17.1. The highest BCUT2D eigenvalue weighted by Gasteiger charge is 2.37. The lowest BCUT2D eigenvalue weighted by Gasteiger charge is -2.34. The van der Waals surface area contributed by atoms with E-state index < -0.39 is 30.4 Å². The van der Waals surface area contributed by atoms with Crippen molar-refractivity contribution in [2.75, 3.05) is 0 Å². The van der Waals surface area contributed by atoms with Gasteiger partial charge in [-0.2, -0.15) is 0 Å². The van der Waals surface area contributed by atoms with E-state index in [2.05, 4.69) is 0 Å². The van der Waals surface area contributed by atoms with E-state index in [0.29, 0.717) is 0 Å². The summed E-state index contributed by atoms with van der Waals surface area (Å²) >= 11 is 0. The van der Waals surface area contributed by atoms with E-state index in [4.69, 9.17) is 18.9 Å². The topological polar surface area (TPSA) is 71.1 Å². The second-order valence-corrected chi connectivity index (χ2v) is 8.23. The summed E-state index contributed by atoms with van der Waals surface area (Å²) in [5.41, 5.74) is 2.81. The number of carbonyl (C=O) groups excluding carboxylic acids is 2. The number of ether oxygens (including phenoxy) is 4. The van der Waals surface area contributed by atoms with E-state index in [-0.39, 0.29) is 19.8 Å². The Hall–Kier alpha value is -3.32.